The highest BCUT2D eigenvalue weighted by Crippen LogP contribution is 2.25. The quantitative estimate of drug-likeness (QED) is 0.417. The Morgan fingerprint density at radius 3 is 2.68 bits per heavy atom. The summed E-state index contributed by atoms with van der Waals surface area (Å²) in [4.78, 5) is 19.4. The number of thiazole rings is 1. The van der Waals surface area contributed by atoms with E-state index in [-0.39, 0.29) is 17.5 Å². The van der Waals surface area contributed by atoms with E-state index in [0.717, 1.165) is 34.0 Å². The number of aromatic nitrogens is 1. The second-order valence-corrected chi connectivity index (χ2v) is 8.84. The fourth-order valence-electron chi connectivity index (χ4n) is 3.39. The number of halogens is 1. The molecule has 4 nitrogen and oxygen atoms in total. The summed E-state index contributed by atoms with van der Waals surface area (Å²) < 4.78 is 20.2. The predicted octanol–water partition coefficient (Wildman–Crippen LogP) is 6.23. The molecule has 1 heterocycles. The van der Waals surface area contributed by atoms with E-state index in [2.05, 4.69) is 31.8 Å². The largest absolute Gasteiger partial charge is 0.486 e. The standard InChI is InChI=1S/C25H29FN2O2S/c1-6-18(4)28(25(29)21-9-7-8-10-22(21)26)13-20-15-31-24(27-20)14-30-23-12-16(2)11-17(3)19(23)5/h7-12,15,18H,6,13-14H2,1-5H3/t18-/m1/s1. The SMILES string of the molecule is CC[C@@H](C)N(Cc1csc(COc2cc(C)cc(C)c2C)n1)C(=O)c1ccccc1F. The molecular weight excluding hydrogens is 411 g/mol. The lowest BCUT2D eigenvalue weighted by Gasteiger charge is -2.28. The number of hydrogen-bond acceptors (Lipinski definition) is 4. The monoisotopic (exact) mass is 440 g/mol. The van der Waals surface area contributed by atoms with Crippen molar-refractivity contribution in [2.75, 3.05) is 0 Å². The summed E-state index contributed by atoms with van der Waals surface area (Å²) in [6.07, 6.45) is 0.770. The zero-order chi connectivity index (χ0) is 22.5. The summed E-state index contributed by atoms with van der Waals surface area (Å²) in [5.41, 5.74) is 4.36. The van der Waals surface area contributed by atoms with E-state index in [1.807, 2.05) is 25.3 Å². The lowest BCUT2D eigenvalue weighted by atomic mass is 10.1. The third-order valence-corrected chi connectivity index (χ3v) is 6.41. The molecule has 0 fully saturated rings. The van der Waals surface area contributed by atoms with Gasteiger partial charge in [0.05, 0.1) is 17.8 Å². The molecule has 0 aliphatic carbocycles. The van der Waals surface area contributed by atoms with Crippen LogP contribution in [0.4, 0.5) is 4.39 Å². The van der Waals surface area contributed by atoms with Gasteiger partial charge >= 0.3 is 0 Å². The minimum Gasteiger partial charge on any atom is -0.486 e. The number of carbonyl (C=O) groups is 1. The molecule has 1 aromatic heterocycles. The van der Waals surface area contributed by atoms with Crippen LogP contribution in [0.15, 0.2) is 41.8 Å². The summed E-state index contributed by atoms with van der Waals surface area (Å²) in [6, 6.07) is 10.2. The molecule has 1 atom stereocenters. The van der Waals surface area contributed by atoms with Crippen LogP contribution in [0, 0.1) is 26.6 Å². The number of carbonyl (C=O) groups excluding carboxylic acids is 1. The molecule has 0 unspecified atom stereocenters. The van der Waals surface area contributed by atoms with E-state index in [1.165, 1.54) is 29.0 Å². The van der Waals surface area contributed by atoms with Gasteiger partial charge in [-0.1, -0.05) is 25.1 Å². The van der Waals surface area contributed by atoms with Crippen molar-refractivity contribution < 1.29 is 13.9 Å². The molecule has 0 radical (unpaired) electrons. The normalized spacial score (nSPS) is 11.9. The topological polar surface area (TPSA) is 42.4 Å². The Bertz CT molecular complexity index is 1060. The predicted molar refractivity (Wildman–Crippen MR) is 123 cm³/mol. The van der Waals surface area contributed by atoms with Gasteiger partial charge < -0.3 is 9.64 Å². The van der Waals surface area contributed by atoms with Crippen LogP contribution in [0.3, 0.4) is 0 Å². The lowest BCUT2D eigenvalue weighted by molar-refractivity contribution is 0.0664. The average Bonchev–Trinajstić information content (AvgIpc) is 3.20. The number of amides is 1. The molecular formula is C25H29FN2O2S. The summed E-state index contributed by atoms with van der Waals surface area (Å²) in [7, 11) is 0. The zero-order valence-electron chi connectivity index (χ0n) is 18.7. The van der Waals surface area contributed by atoms with E-state index in [9.17, 15) is 9.18 Å². The first-order valence-corrected chi connectivity index (χ1v) is 11.4. The summed E-state index contributed by atoms with van der Waals surface area (Å²) >= 11 is 1.51. The molecule has 31 heavy (non-hydrogen) atoms. The van der Waals surface area contributed by atoms with Gasteiger partial charge in [0.15, 0.2) is 0 Å². The van der Waals surface area contributed by atoms with Gasteiger partial charge in [-0.15, -0.1) is 11.3 Å². The Hall–Kier alpha value is -2.73. The van der Waals surface area contributed by atoms with E-state index in [1.54, 1.807) is 17.0 Å². The molecule has 3 aromatic rings. The first kappa shape index (κ1) is 22.9. The highest BCUT2D eigenvalue weighted by atomic mass is 32.1. The van der Waals surface area contributed by atoms with Crippen molar-refractivity contribution in [3.63, 3.8) is 0 Å². The number of ether oxygens (including phenoxy) is 1. The van der Waals surface area contributed by atoms with Gasteiger partial charge in [-0.25, -0.2) is 9.37 Å². The van der Waals surface area contributed by atoms with Crippen molar-refractivity contribution in [3.8, 4) is 5.75 Å². The summed E-state index contributed by atoms with van der Waals surface area (Å²) in [5.74, 6) is 0.0475. The Balaban J connectivity index is 1.73. The Labute approximate surface area is 187 Å². The molecule has 164 valence electrons. The molecule has 0 N–H and O–H groups in total. The maximum atomic E-state index is 14.2. The molecule has 6 heteroatoms. The van der Waals surface area contributed by atoms with Gasteiger partial charge in [-0.2, -0.15) is 0 Å². The van der Waals surface area contributed by atoms with Crippen LogP contribution in [-0.4, -0.2) is 21.8 Å². The third-order valence-electron chi connectivity index (χ3n) is 5.53. The van der Waals surface area contributed by atoms with Gasteiger partial charge in [-0.3, -0.25) is 4.79 Å². The summed E-state index contributed by atoms with van der Waals surface area (Å²) in [5, 5.41) is 2.79. The highest BCUT2D eigenvalue weighted by molar-refractivity contribution is 7.09. The Kier molecular flexibility index (Phi) is 7.44. The smallest absolute Gasteiger partial charge is 0.257 e. The lowest BCUT2D eigenvalue weighted by Crippen LogP contribution is -2.38. The molecule has 0 saturated heterocycles. The van der Waals surface area contributed by atoms with Crippen LogP contribution < -0.4 is 4.74 Å². The van der Waals surface area contributed by atoms with Crippen molar-refractivity contribution >= 4 is 17.2 Å². The second-order valence-electron chi connectivity index (χ2n) is 7.90. The molecule has 2 aromatic carbocycles. The first-order chi connectivity index (χ1) is 14.8. The number of rotatable bonds is 8. The molecule has 0 aliphatic heterocycles. The molecule has 0 aliphatic rings. The van der Waals surface area contributed by atoms with E-state index in [0.29, 0.717) is 13.2 Å². The summed E-state index contributed by atoms with van der Waals surface area (Å²) in [6.45, 7) is 10.9. The van der Waals surface area contributed by atoms with Crippen LogP contribution in [-0.2, 0) is 13.2 Å². The van der Waals surface area contributed by atoms with Crippen LogP contribution >= 0.6 is 11.3 Å². The van der Waals surface area contributed by atoms with Crippen molar-refractivity contribution in [1.82, 2.24) is 9.88 Å². The number of benzene rings is 2. The first-order valence-electron chi connectivity index (χ1n) is 10.5. The molecule has 3 rings (SSSR count). The number of nitrogens with zero attached hydrogens (tertiary/aromatic N) is 2. The van der Waals surface area contributed by atoms with Gasteiger partial charge in [0.2, 0.25) is 0 Å². The molecule has 0 bridgehead atoms. The van der Waals surface area contributed by atoms with Crippen LogP contribution in [0.5, 0.6) is 5.75 Å². The van der Waals surface area contributed by atoms with Crippen molar-refractivity contribution in [1.29, 1.82) is 0 Å². The zero-order valence-corrected chi connectivity index (χ0v) is 19.6. The fraction of sp³-hybridized carbons (Fsp3) is 0.360. The van der Waals surface area contributed by atoms with E-state index in [4.69, 9.17) is 4.74 Å². The molecule has 0 spiro atoms. The van der Waals surface area contributed by atoms with Gasteiger partial charge in [0.1, 0.15) is 23.2 Å². The van der Waals surface area contributed by atoms with Crippen LogP contribution in [0.2, 0.25) is 0 Å². The third kappa shape index (κ3) is 5.50. The minimum atomic E-state index is -0.503. The maximum Gasteiger partial charge on any atom is 0.257 e. The Morgan fingerprint density at radius 2 is 1.97 bits per heavy atom. The van der Waals surface area contributed by atoms with Crippen molar-refractivity contribution in [2.24, 2.45) is 0 Å². The fourth-order valence-corrected chi connectivity index (χ4v) is 4.09. The van der Waals surface area contributed by atoms with Gasteiger partial charge in [-0.05, 0) is 69.0 Å². The molecule has 0 saturated carbocycles. The average molecular weight is 441 g/mol. The van der Waals surface area contributed by atoms with Crippen LogP contribution in [0.25, 0.3) is 0 Å². The van der Waals surface area contributed by atoms with Crippen LogP contribution in [0.1, 0.15) is 58.0 Å². The van der Waals surface area contributed by atoms with Gasteiger partial charge in [0, 0.05) is 11.4 Å². The second kappa shape index (κ2) is 10.1. The van der Waals surface area contributed by atoms with E-state index < -0.39 is 5.82 Å². The molecule has 1 amide bonds. The van der Waals surface area contributed by atoms with Crippen molar-refractivity contribution in [3.05, 3.63) is 80.6 Å². The maximum absolute atomic E-state index is 14.2. The Morgan fingerprint density at radius 1 is 1.23 bits per heavy atom. The van der Waals surface area contributed by atoms with E-state index >= 15 is 0 Å². The highest BCUT2D eigenvalue weighted by Gasteiger charge is 2.24. The number of hydrogen-bond donors (Lipinski definition) is 0. The minimum absolute atomic E-state index is 0.0357. The van der Waals surface area contributed by atoms with Crippen molar-refractivity contribution in [2.45, 2.75) is 60.2 Å². The van der Waals surface area contributed by atoms with Gasteiger partial charge in [0.25, 0.3) is 5.91 Å². The number of aryl methyl sites for hydroxylation is 2.